The van der Waals surface area contributed by atoms with Crippen LogP contribution in [0.1, 0.15) is 5.56 Å². The van der Waals surface area contributed by atoms with Gasteiger partial charge in [-0.1, -0.05) is 44.0 Å². The minimum Gasteiger partial charge on any atom is -0.298 e. The lowest BCUT2D eigenvalue weighted by atomic mass is 10.1. The highest BCUT2D eigenvalue weighted by molar-refractivity contribution is 9.10. The number of Topliss-reactive ketones (excluding diaryl/α,β-unsaturated/α-hetero) is 1. The molecule has 0 heterocycles. The maximum Gasteiger partial charge on any atom is 0.147 e. The standard InChI is InChI=1S/C15H12Br2OS/c16-12-4-6-15(7-5-12)19-10-14(18)9-11-2-1-3-13(17)8-11/h1-8H,9-10H2. The van der Waals surface area contributed by atoms with Gasteiger partial charge in [0.1, 0.15) is 5.78 Å². The van der Waals surface area contributed by atoms with E-state index in [4.69, 9.17) is 0 Å². The van der Waals surface area contributed by atoms with Gasteiger partial charge in [-0.25, -0.2) is 0 Å². The van der Waals surface area contributed by atoms with Crippen LogP contribution < -0.4 is 0 Å². The van der Waals surface area contributed by atoms with Crippen molar-refractivity contribution in [2.45, 2.75) is 11.3 Å². The molecule has 0 amide bonds. The molecule has 0 aliphatic heterocycles. The molecule has 0 aliphatic rings. The monoisotopic (exact) mass is 398 g/mol. The van der Waals surface area contributed by atoms with E-state index in [1.807, 2.05) is 48.5 Å². The summed E-state index contributed by atoms with van der Waals surface area (Å²) in [5.41, 5.74) is 1.05. The molecule has 0 fully saturated rings. The molecule has 0 saturated carbocycles. The molecule has 0 spiro atoms. The smallest absolute Gasteiger partial charge is 0.147 e. The summed E-state index contributed by atoms with van der Waals surface area (Å²) >= 11 is 8.39. The molecule has 19 heavy (non-hydrogen) atoms. The van der Waals surface area contributed by atoms with Crippen molar-refractivity contribution in [2.24, 2.45) is 0 Å². The Balaban J connectivity index is 1.86. The Kier molecular flexibility index (Phi) is 5.67. The van der Waals surface area contributed by atoms with Crippen LogP contribution >= 0.6 is 43.6 Å². The van der Waals surface area contributed by atoms with Gasteiger partial charge in [0.05, 0.1) is 5.75 Å². The average Bonchev–Trinajstić information content (AvgIpc) is 2.38. The Morgan fingerprint density at radius 3 is 2.42 bits per heavy atom. The second-order valence-corrected chi connectivity index (χ2v) is 6.97. The van der Waals surface area contributed by atoms with Crippen LogP contribution in [0.25, 0.3) is 0 Å². The number of halogens is 2. The van der Waals surface area contributed by atoms with E-state index in [0.29, 0.717) is 12.2 Å². The molecule has 0 aromatic heterocycles. The first-order chi connectivity index (χ1) is 9.13. The van der Waals surface area contributed by atoms with Gasteiger partial charge in [-0.15, -0.1) is 11.8 Å². The highest BCUT2D eigenvalue weighted by atomic mass is 79.9. The zero-order chi connectivity index (χ0) is 13.7. The highest BCUT2D eigenvalue weighted by Gasteiger charge is 2.05. The van der Waals surface area contributed by atoms with Gasteiger partial charge in [-0.3, -0.25) is 4.79 Å². The summed E-state index contributed by atoms with van der Waals surface area (Å²) in [4.78, 5) is 13.0. The molecule has 0 atom stereocenters. The van der Waals surface area contributed by atoms with E-state index in [-0.39, 0.29) is 5.78 Å². The van der Waals surface area contributed by atoms with Crippen LogP contribution in [-0.2, 0) is 11.2 Å². The topological polar surface area (TPSA) is 17.1 Å². The van der Waals surface area contributed by atoms with Crippen molar-refractivity contribution in [3.63, 3.8) is 0 Å². The van der Waals surface area contributed by atoms with Gasteiger partial charge < -0.3 is 0 Å². The molecule has 2 aromatic carbocycles. The third-order valence-corrected chi connectivity index (χ3v) is 4.60. The molecular formula is C15H12Br2OS. The first kappa shape index (κ1) is 14.8. The van der Waals surface area contributed by atoms with E-state index in [1.54, 1.807) is 11.8 Å². The van der Waals surface area contributed by atoms with Crippen molar-refractivity contribution < 1.29 is 4.79 Å². The van der Waals surface area contributed by atoms with Gasteiger partial charge >= 0.3 is 0 Å². The number of ketones is 1. The van der Waals surface area contributed by atoms with Gasteiger partial charge in [0.25, 0.3) is 0 Å². The van der Waals surface area contributed by atoms with Gasteiger partial charge in [-0.05, 0) is 42.0 Å². The summed E-state index contributed by atoms with van der Waals surface area (Å²) in [7, 11) is 0. The van der Waals surface area contributed by atoms with Crippen molar-refractivity contribution in [3.05, 3.63) is 63.0 Å². The maximum atomic E-state index is 11.9. The molecule has 1 nitrogen and oxygen atoms in total. The second kappa shape index (κ2) is 7.27. The predicted molar refractivity (Wildman–Crippen MR) is 87.7 cm³/mol. The minimum atomic E-state index is 0.242. The van der Waals surface area contributed by atoms with E-state index < -0.39 is 0 Å². The van der Waals surface area contributed by atoms with E-state index in [1.165, 1.54) is 0 Å². The fraction of sp³-hybridized carbons (Fsp3) is 0.133. The van der Waals surface area contributed by atoms with Crippen molar-refractivity contribution in [1.29, 1.82) is 0 Å². The maximum absolute atomic E-state index is 11.9. The molecule has 0 N–H and O–H groups in total. The summed E-state index contributed by atoms with van der Waals surface area (Å²) in [5, 5.41) is 0. The fourth-order valence-corrected chi connectivity index (χ4v) is 3.09. The van der Waals surface area contributed by atoms with Crippen LogP contribution in [-0.4, -0.2) is 11.5 Å². The SMILES string of the molecule is O=C(CSc1ccc(Br)cc1)Cc1cccc(Br)c1. The first-order valence-electron chi connectivity index (χ1n) is 5.78. The third kappa shape index (κ3) is 5.13. The minimum absolute atomic E-state index is 0.242. The number of hydrogen-bond donors (Lipinski definition) is 0. The number of benzene rings is 2. The molecule has 0 bridgehead atoms. The summed E-state index contributed by atoms with van der Waals surface area (Å²) < 4.78 is 2.07. The number of carbonyl (C=O) groups excluding carboxylic acids is 1. The molecule has 0 aliphatic carbocycles. The Labute approximate surface area is 134 Å². The molecule has 2 rings (SSSR count). The Bertz CT molecular complexity index is 567. The van der Waals surface area contributed by atoms with E-state index in [2.05, 4.69) is 31.9 Å². The number of carbonyl (C=O) groups is 1. The summed E-state index contributed by atoms with van der Waals surface area (Å²) in [5.74, 6) is 0.750. The fourth-order valence-electron chi connectivity index (χ4n) is 1.62. The summed E-state index contributed by atoms with van der Waals surface area (Å²) in [6, 6.07) is 15.9. The summed E-state index contributed by atoms with van der Waals surface area (Å²) in [6.07, 6.45) is 0.489. The van der Waals surface area contributed by atoms with Crippen molar-refractivity contribution in [3.8, 4) is 0 Å². The van der Waals surface area contributed by atoms with E-state index in [9.17, 15) is 4.79 Å². The largest absolute Gasteiger partial charge is 0.298 e. The van der Waals surface area contributed by atoms with Crippen LogP contribution in [0, 0.1) is 0 Å². The highest BCUT2D eigenvalue weighted by Crippen LogP contribution is 2.21. The number of hydrogen-bond acceptors (Lipinski definition) is 2. The molecule has 98 valence electrons. The Morgan fingerprint density at radius 2 is 1.74 bits per heavy atom. The van der Waals surface area contributed by atoms with Crippen molar-refractivity contribution in [2.75, 3.05) is 5.75 Å². The zero-order valence-electron chi connectivity index (χ0n) is 10.1. The van der Waals surface area contributed by atoms with E-state index in [0.717, 1.165) is 19.4 Å². The van der Waals surface area contributed by atoms with Gasteiger partial charge in [0.2, 0.25) is 0 Å². The van der Waals surface area contributed by atoms with Crippen molar-refractivity contribution in [1.82, 2.24) is 0 Å². The second-order valence-electron chi connectivity index (χ2n) is 4.09. The summed E-state index contributed by atoms with van der Waals surface area (Å²) in [6.45, 7) is 0. The lowest BCUT2D eigenvalue weighted by Crippen LogP contribution is -2.05. The van der Waals surface area contributed by atoms with Gasteiger partial charge in [0, 0.05) is 20.3 Å². The van der Waals surface area contributed by atoms with Crippen molar-refractivity contribution >= 4 is 49.4 Å². The average molecular weight is 400 g/mol. The Morgan fingerprint density at radius 1 is 1.00 bits per heavy atom. The molecule has 4 heteroatoms. The molecule has 0 radical (unpaired) electrons. The predicted octanol–water partition coefficient (Wildman–Crippen LogP) is 5.12. The number of thioether (sulfide) groups is 1. The zero-order valence-corrected chi connectivity index (χ0v) is 14.1. The van der Waals surface area contributed by atoms with Gasteiger partial charge in [0.15, 0.2) is 0 Å². The van der Waals surface area contributed by atoms with Crippen LogP contribution in [0.15, 0.2) is 62.4 Å². The lowest BCUT2D eigenvalue weighted by Gasteiger charge is -2.03. The van der Waals surface area contributed by atoms with Crippen LogP contribution in [0.4, 0.5) is 0 Å². The first-order valence-corrected chi connectivity index (χ1v) is 8.35. The van der Waals surface area contributed by atoms with Crippen LogP contribution in [0.2, 0.25) is 0 Å². The lowest BCUT2D eigenvalue weighted by molar-refractivity contribution is -0.116. The number of rotatable bonds is 5. The molecular weight excluding hydrogens is 388 g/mol. The Hall–Kier alpha value is -0.580. The normalized spacial score (nSPS) is 10.4. The molecule has 0 saturated heterocycles. The molecule has 0 unspecified atom stereocenters. The van der Waals surface area contributed by atoms with Crippen LogP contribution in [0.5, 0.6) is 0 Å². The van der Waals surface area contributed by atoms with Crippen LogP contribution in [0.3, 0.4) is 0 Å². The van der Waals surface area contributed by atoms with E-state index >= 15 is 0 Å². The van der Waals surface area contributed by atoms with Gasteiger partial charge in [-0.2, -0.15) is 0 Å². The quantitative estimate of drug-likeness (QED) is 0.649. The molecule has 2 aromatic rings. The third-order valence-electron chi connectivity index (χ3n) is 2.50.